The SMILES string of the molecule is O=C1Nc2ccccc2Nc2cc(Br)ccc21. The van der Waals surface area contributed by atoms with E-state index in [1.165, 1.54) is 0 Å². The second kappa shape index (κ2) is 3.89. The summed E-state index contributed by atoms with van der Waals surface area (Å²) >= 11 is 3.40. The Bertz CT molecular complexity index is 610. The molecule has 0 saturated heterocycles. The van der Waals surface area contributed by atoms with Gasteiger partial charge in [0.25, 0.3) is 5.91 Å². The fourth-order valence-electron chi connectivity index (χ4n) is 1.85. The summed E-state index contributed by atoms with van der Waals surface area (Å²) in [5.41, 5.74) is 3.15. The number of carbonyl (C=O) groups excluding carboxylic acids is 1. The molecule has 0 aromatic heterocycles. The molecule has 0 radical (unpaired) electrons. The monoisotopic (exact) mass is 288 g/mol. The molecule has 1 amide bonds. The number of hydrogen-bond acceptors (Lipinski definition) is 2. The minimum absolute atomic E-state index is 0.0926. The third-order valence-corrected chi connectivity index (χ3v) is 3.16. The second-order valence-corrected chi connectivity index (χ2v) is 4.73. The van der Waals surface area contributed by atoms with Gasteiger partial charge in [0.05, 0.1) is 22.6 Å². The Kier molecular flexibility index (Phi) is 2.37. The molecule has 0 fully saturated rings. The Morgan fingerprint density at radius 3 is 2.35 bits per heavy atom. The van der Waals surface area contributed by atoms with Gasteiger partial charge in [-0.25, -0.2) is 0 Å². The van der Waals surface area contributed by atoms with Gasteiger partial charge in [0.1, 0.15) is 0 Å². The molecular weight excluding hydrogens is 280 g/mol. The van der Waals surface area contributed by atoms with Crippen LogP contribution in [0.25, 0.3) is 0 Å². The Morgan fingerprint density at radius 2 is 1.59 bits per heavy atom. The molecule has 1 aliphatic heterocycles. The molecule has 0 saturated carbocycles. The van der Waals surface area contributed by atoms with E-state index in [-0.39, 0.29) is 5.91 Å². The molecule has 84 valence electrons. The summed E-state index contributed by atoms with van der Waals surface area (Å²) in [6.07, 6.45) is 0. The van der Waals surface area contributed by atoms with E-state index in [4.69, 9.17) is 0 Å². The first kappa shape index (κ1) is 10.4. The summed E-state index contributed by atoms with van der Waals surface area (Å²) in [5.74, 6) is -0.0926. The van der Waals surface area contributed by atoms with Crippen LogP contribution in [0.2, 0.25) is 0 Å². The fraction of sp³-hybridized carbons (Fsp3) is 0. The summed E-state index contributed by atoms with van der Waals surface area (Å²) in [7, 11) is 0. The molecule has 0 aliphatic carbocycles. The van der Waals surface area contributed by atoms with Crippen molar-refractivity contribution in [3.05, 3.63) is 52.5 Å². The summed E-state index contributed by atoms with van der Waals surface area (Å²) < 4.78 is 0.941. The Morgan fingerprint density at radius 1 is 0.882 bits per heavy atom. The molecule has 17 heavy (non-hydrogen) atoms. The highest BCUT2D eigenvalue weighted by molar-refractivity contribution is 9.10. The van der Waals surface area contributed by atoms with E-state index in [2.05, 4.69) is 26.6 Å². The first-order valence-electron chi connectivity index (χ1n) is 5.21. The number of nitrogens with one attached hydrogen (secondary N) is 2. The van der Waals surface area contributed by atoms with Crippen LogP contribution in [0.4, 0.5) is 17.1 Å². The number of carbonyl (C=O) groups is 1. The van der Waals surface area contributed by atoms with Gasteiger partial charge in [-0.1, -0.05) is 28.1 Å². The number of benzene rings is 2. The molecule has 4 heteroatoms. The number of amides is 1. The van der Waals surface area contributed by atoms with Crippen LogP contribution in [-0.2, 0) is 0 Å². The van der Waals surface area contributed by atoms with Gasteiger partial charge in [0, 0.05) is 4.47 Å². The average molecular weight is 289 g/mol. The van der Waals surface area contributed by atoms with E-state index in [1.54, 1.807) is 6.07 Å². The Hall–Kier alpha value is -1.81. The standard InChI is InChI=1S/C13H9BrN2O/c14-8-5-6-9-12(7-8)15-10-3-1-2-4-11(10)16-13(9)17/h1-7,15H,(H,16,17). The molecule has 2 N–H and O–H groups in total. The third kappa shape index (κ3) is 1.80. The predicted molar refractivity (Wildman–Crippen MR) is 71.8 cm³/mol. The van der Waals surface area contributed by atoms with Gasteiger partial charge in [0.2, 0.25) is 0 Å². The maximum Gasteiger partial charge on any atom is 0.257 e. The summed E-state index contributed by atoms with van der Waals surface area (Å²) in [5, 5.41) is 6.14. The van der Waals surface area contributed by atoms with E-state index < -0.39 is 0 Å². The fourth-order valence-corrected chi connectivity index (χ4v) is 2.21. The number of halogens is 1. The highest BCUT2D eigenvalue weighted by atomic mass is 79.9. The van der Waals surface area contributed by atoms with Gasteiger partial charge in [0.15, 0.2) is 0 Å². The van der Waals surface area contributed by atoms with Gasteiger partial charge < -0.3 is 10.6 Å². The third-order valence-electron chi connectivity index (χ3n) is 2.67. The molecule has 0 unspecified atom stereocenters. The van der Waals surface area contributed by atoms with E-state index in [0.717, 1.165) is 21.5 Å². The number of anilines is 3. The van der Waals surface area contributed by atoms with Gasteiger partial charge >= 0.3 is 0 Å². The van der Waals surface area contributed by atoms with Crippen molar-refractivity contribution in [1.82, 2.24) is 0 Å². The smallest absolute Gasteiger partial charge is 0.257 e. The molecule has 2 aromatic rings. The van der Waals surface area contributed by atoms with Crippen molar-refractivity contribution in [1.29, 1.82) is 0 Å². The van der Waals surface area contributed by atoms with Crippen LogP contribution < -0.4 is 10.6 Å². The molecule has 0 spiro atoms. The number of hydrogen-bond donors (Lipinski definition) is 2. The first-order valence-corrected chi connectivity index (χ1v) is 6.00. The lowest BCUT2D eigenvalue weighted by Gasteiger charge is -2.07. The minimum Gasteiger partial charge on any atom is -0.353 e. The molecule has 1 heterocycles. The molecule has 3 rings (SSSR count). The molecule has 0 atom stereocenters. The van der Waals surface area contributed by atoms with Crippen LogP contribution in [-0.4, -0.2) is 5.91 Å². The molecule has 0 bridgehead atoms. The lowest BCUT2D eigenvalue weighted by Crippen LogP contribution is -2.10. The Labute approximate surface area is 107 Å². The Balaban J connectivity index is 2.18. The summed E-state index contributed by atoms with van der Waals surface area (Å²) in [6, 6.07) is 13.2. The van der Waals surface area contributed by atoms with Crippen LogP contribution in [0.3, 0.4) is 0 Å². The zero-order chi connectivity index (χ0) is 11.8. The van der Waals surface area contributed by atoms with Crippen LogP contribution >= 0.6 is 15.9 Å². The normalized spacial score (nSPS) is 12.9. The van der Waals surface area contributed by atoms with Crippen molar-refractivity contribution in [2.24, 2.45) is 0 Å². The van der Waals surface area contributed by atoms with Gasteiger partial charge in [-0.3, -0.25) is 4.79 Å². The van der Waals surface area contributed by atoms with Crippen molar-refractivity contribution >= 4 is 38.9 Å². The number of rotatable bonds is 0. The lowest BCUT2D eigenvalue weighted by atomic mass is 10.1. The largest absolute Gasteiger partial charge is 0.353 e. The first-order chi connectivity index (χ1) is 8.24. The van der Waals surface area contributed by atoms with E-state index in [0.29, 0.717) is 5.56 Å². The van der Waals surface area contributed by atoms with Crippen molar-refractivity contribution in [2.45, 2.75) is 0 Å². The maximum absolute atomic E-state index is 12.0. The number of fused-ring (bicyclic) bond motifs is 2. The molecule has 1 aliphatic rings. The van der Waals surface area contributed by atoms with Crippen LogP contribution in [0.15, 0.2) is 46.9 Å². The zero-order valence-corrected chi connectivity index (χ0v) is 10.4. The van der Waals surface area contributed by atoms with Gasteiger partial charge in [-0.05, 0) is 30.3 Å². The molecule has 2 aromatic carbocycles. The average Bonchev–Trinajstić information content (AvgIpc) is 2.44. The van der Waals surface area contributed by atoms with Gasteiger partial charge in [-0.2, -0.15) is 0 Å². The van der Waals surface area contributed by atoms with Crippen molar-refractivity contribution in [3.63, 3.8) is 0 Å². The summed E-state index contributed by atoms with van der Waals surface area (Å²) in [6.45, 7) is 0. The quantitative estimate of drug-likeness (QED) is 0.775. The minimum atomic E-state index is -0.0926. The van der Waals surface area contributed by atoms with E-state index >= 15 is 0 Å². The highest BCUT2D eigenvalue weighted by Gasteiger charge is 2.18. The van der Waals surface area contributed by atoms with Crippen LogP contribution in [0, 0.1) is 0 Å². The number of para-hydroxylation sites is 2. The summed E-state index contributed by atoms with van der Waals surface area (Å²) in [4.78, 5) is 12.0. The van der Waals surface area contributed by atoms with E-state index in [9.17, 15) is 4.79 Å². The van der Waals surface area contributed by atoms with Crippen molar-refractivity contribution in [3.8, 4) is 0 Å². The zero-order valence-electron chi connectivity index (χ0n) is 8.83. The topological polar surface area (TPSA) is 41.1 Å². The second-order valence-electron chi connectivity index (χ2n) is 3.81. The predicted octanol–water partition coefficient (Wildman–Crippen LogP) is 3.76. The lowest BCUT2D eigenvalue weighted by molar-refractivity contribution is 0.102. The van der Waals surface area contributed by atoms with Crippen LogP contribution in [0.1, 0.15) is 10.4 Å². The highest BCUT2D eigenvalue weighted by Crippen LogP contribution is 2.32. The van der Waals surface area contributed by atoms with Crippen molar-refractivity contribution < 1.29 is 4.79 Å². The molecular formula is C13H9BrN2O. The van der Waals surface area contributed by atoms with E-state index in [1.807, 2.05) is 36.4 Å². The molecule has 3 nitrogen and oxygen atoms in total. The van der Waals surface area contributed by atoms with Crippen molar-refractivity contribution in [2.75, 3.05) is 10.6 Å². The van der Waals surface area contributed by atoms with Crippen LogP contribution in [0.5, 0.6) is 0 Å². The maximum atomic E-state index is 12.0. The van der Waals surface area contributed by atoms with Gasteiger partial charge in [-0.15, -0.1) is 0 Å².